The van der Waals surface area contributed by atoms with Crippen molar-refractivity contribution in [3.8, 4) is 5.75 Å². The lowest BCUT2D eigenvalue weighted by molar-refractivity contribution is 0.0524. The molecule has 0 saturated heterocycles. The van der Waals surface area contributed by atoms with Crippen LogP contribution in [0.25, 0.3) is 11.0 Å². The molecule has 0 bridgehead atoms. The van der Waals surface area contributed by atoms with Crippen LogP contribution in [0.15, 0.2) is 35.4 Å². The van der Waals surface area contributed by atoms with E-state index in [0.717, 1.165) is 11.1 Å². The highest BCUT2D eigenvalue weighted by Gasteiger charge is 2.18. The summed E-state index contributed by atoms with van der Waals surface area (Å²) in [5.74, 6) is -0.120. The molecule has 0 atom stereocenters. The molecule has 2 aromatic heterocycles. The quantitative estimate of drug-likeness (QED) is 0.427. The highest BCUT2D eigenvalue weighted by Crippen LogP contribution is 2.24. The van der Waals surface area contributed by atoms with Gasteiger partial charge in [-0.05, 0) is 62.6 Å². The fraction of sp³-hybridized carbons (Fsp3) is 0.333. The smallest absolute Gasteiger partial charge is 0.343 e. The number of carbonyl (C=O) groups is 2. The molecule has 1 aromatic carbocycles. The number of nitrogens with zero attached hydrogens (tertiary/aromatic N) is 2. The van der Waals surface area contributed by atoms with Crippen molar-refractivity contribution in [1.82, 2.24) is 9.55 Å². The summed E-state index contributed by atoms with van der Waals surface area (Å²) < 4.78 is 12.1. The molecule has 0 saturated carbocycles. The van der Waals surface area contributed by atoms with E-state index in [2.05, 4.69) is 4.98 Å². The van der Waals surface area contributed by atoms with Gasteiger partial charge >= 0.3 is 5.97 Å². The number of hydrogen-bond donors (Lipinski definition) is 0. The predicted octanol–water partition coefficient (Wildman–Crippen LogP) is 3.64. The monoisotopic (exact) mass is 422 g/mol. The molecule has 7 nitrogen and oxygen atoms in total. The molecule has 7 heteroatoms. The zero-order chi connectivity index (χ0) is 22.7. The number of benzene rings is 1. The fourth-order valence-corrected chi connectivity index (χ4v) is 3.50. The largest absolute Gasteiger partial charge is 0.496 e. The average Bonchev–Trinajstić information content (AvgIpc) is 2.76. The van der Waals surface area contributed by atoms with Gasteiger partial charge in [0.1, 0.15) is 17.0 Å². The van der Waals surface area contributed by atoms with Crippen molar-refractivity contribution in [2.45, 2.75) is 40.7 Å². The number of Topliss-reactive ketones (excluding diaryl/α,β-unsaturated/α-hetero) is 1. The van der Waals surface area contributed by atoms with Crippen LogP contribution in [0.3, 0.4) is 0 Å². The summed E-state index contributed by atoms with van der Waals surface area (Å²) >= 11 is 0. The first kappa shape index (κ1) is 22.2. The van der Waals surface area contributed by atoms with E-state index in [-0.39, 0.29) is 29.8 Å². The molecule has 31 heavy (non-hydrogen) atoms. The minimum Gasteiger partial charge on any atom is -0.496 e. The Kier molecular flexibility index (Phi) is 6.53. The Bertz CT molecular complexity index is 1230. The van der Waals surface area contributed by atoms with E-state index in [0.29, 0.717) is 29.1 Å². The Hall–Kier alpha value is -3.48. The Labute approximate surface area is 180 Å². The zero-order valence-electron chi connectivity index (χ0n) is 18.4. The number of fused-ring (bicyclic) bond motifs is 1. The first-order chi connectivity index (χ1) is 14.8. The van der Waals surface area contributed by atoms with E-state index in [4.69, 9.17) is 9.47 Å². The lowest BCUT2D eigenvalue weighted by Crippen LogP contribution is -2.21. The number of ketones is 1. The summed E-state index contributed by atoms with van der Waals surface area (Å²) in [6.07, 6.45) is 3.14. The van der Waals surface area contributed by atoms with Gasteiger partial charge in [0, 0.05) is 30.9 Å². The first-order valence-electron chi connectivity index (χ1n) is 10.2. The van der Waals surface area contributed by atoms with Crippen LogP contribution in [-0.2, 0) is 17.7 Å². The number of aryl methyl sites for hydroxylation is 2. The number of pyridine rings is 2. The molecule has 3 aromatic rings. The molecule has 0 aliphatic carbocycles. The molecule has 0 N–H and O–H groups in total. The number of hydrogen-bond acceptors (Lipinski definition) is 6. The second kappa shape index (κ2) is 9.12. The molecular weight excluding hydrogens is 396 g/mol. The number of methoxy groups -OCH3 is 1. The summed E-state index contributed by atoms with van der Waals surface area (Å²) in [5, 5.41) is 0.287. The zero-order valence-corrected chi connectivity index (χ0v) is 18.4. The van der Waals surface area contributed by atoms with E-state index in [1.165, 1.54) is 6.20 Å². The van der Waals surface area contributed by atoms with Gasteiger partial charge in [-0.3, -0.25) is 9.59 Å². The van der Waals surface area contributed by atoms with Crippen molar-refractivity contribution in [3.63, 3.8) is 0 Å². The summed E-state index contributed by atoms with van der Waals surface area (Å²) in [5.41, 5.74) is 3.04. The third-order valence-corrected chi connectivity index (χ3v) is 5.33. The maximum Gasteiger partial charge on any atom is 0.343 e. The highest BCUT2D eigenvalue weighted by atomic mass is 16.5. The minimum absolute atomic E-state index is 0.0413. The van der Waals surface area contributed by atoms with Crippen LogP contribution in [0.4, 0.5) is 0 Å². The van der Waals surface area contributed by atoms with Crippen molar-refractivity contribution >= 4 is 22.8 Å². The van der Waals surface area contributed by atoms with Crippen LogP contribution >= 0.6 is 0 Å². The molecule has 0 unspecified atom stereocenters. The number of aromatic nitrogens is 2. The molecule has 3 rings (SSSR count). The van der Waals surface area contributed by atoms with Gasteiger partial charge in [-0.15, -0.1) is 0 Å². The van der Waals surface area contributed by atoms with Crippen LogP contribution in [0.2, 0.25) is 0 Å². The third-order valence-electron chi connectivity index (χ3n) is 5.33. The van der Waals surface area contributed by atoms with Gasteiger partial charge in [0.2, 0.25) is 5.43 Å². The Morgan fingerprint density at radius 3 is 2.52 bits per heavy atom. The predicted molar refractivity (Wildman–Crippen MR) is 118 cm³/mol. The Morgan fingerprint density at radius 1 is 1.13 bits per heavy atom. The van der Waals surface area contributed by atoms with Crippen LogP contribution in [0.5, 0.6) is 5.75 Å². The molecular formula is C24H26N2O5. The molecule has 0 aliphatic rings. The van der Waals surface area contributed by atoms with Crippen LogP contribution in [0.1, 0.15) is 51.3 Å². The van der Waals surface area contributed by atoms with Crippen molar-refractivity contribution in [1.29, 1.82) is 0 Å². The van der Waals surface area contributed by atoms with Gasteiger partial charge in [0.25, 0.3) is 0 Å². The minimum atomic E-state index is -0.666. The fourth-order valence-electron chi connectivity index (χ4n) is 3.50. The summed E-state index contributed by atoms with van der Waals surface area (Å²) in [4.78, 5) is 42.5. The van der Waals surface area contributed by atoms with Gasteiger partial charge < -0.3 is 14.0 Å². The van der Waals surface area contributed by atoms with Gasteiger partial charge in [0.05, 0.1) is 19.1 Å². The van der Waals surface area contributed by atoms with Crippen LogP contribution in [0, 0.1) is 13.8 Å². The number of rotatable bonds is 7. The molecule has 0 radical (unpaired) electrons. The van der Waals surface area contributed by atoms with Crippen LogP contribution in [-0.4, -0.2) is 35.0 Å². The second-order valence-electron chi connectivity index (χ2n) is 7.31. The first-order valence-corrected chi connectivity index (χ1v) is 10.2. The molecule has 0 aliphatic heterocycles. The second-order valence-corrected chi connectivity index (χ2v) is 7.31. The number of esters is 1. The summed E-state index contributed by atoms with van der Waals surface area (Å²) in [7, 11) is 1.57. The van der Waals surface area contributed by atoms with Gasteiger partial charge in [-0.1, -0.05) is 0 Å². The van der Waals surface area contributed by atoms with Crippen molar-refractivity contribution in [2.24, 2.45) is 0 Å². The standard InChI is InChI=1S/C24H26N2O5/c1-6-26-13-19(24(29)31-7-2)22(28)18-9-16(12-25-23(18)26)10-20(27)17-8-14(3)15(4)21(11-17)30-5/h8-9,11-13H,6-7,10H2,1-5H3. The van der Waals surface area contributed by atoms with Crippen LogP contribution < -0.4 is 10.2 Å². The normalized spacial score (nSPS) is 10.9. The number of carbonyl (C=O) groups excluding carboxylic acids is 2. The van der Waals surface area contributed by atoms with E-state index >= 15 is 0 Å². The lowest BCUT2D eigenvalue weighted by Gasteiger charge is -2.12. The SMILES string of the molecule is CCOC(=O)c1cn(CC)c2ncc(CC(=O)c3cc(C)c(C)c(OC)c3)cc2c1=O. The maximum atomic E-state index is 12.9. The summed E-state index contributed by atoms with van der Waals surface area (Å²) in [6, 6.07) is 5.19. The van der Waals surface area contributed by atoms with Gasteiger partial charge in [0.15, 0.2) is 5.78 Å². The van der Waals surface area contributed by atoms with E-state index in [1.807, 2.05) is 26.8 Å². The van der Waals surface area contributed by atoms with Crippen molar-refractivity contribution in [2.75, 3.05) is 13.7 Å². The van der Waals surface area contributed by atoms with Crippen molar-refractivity contribution < 1.29 is 19.1 Å². The molecule has 2 heterocycles. The summed E-state index contributed by atoms with van der Waals surface area (Å²) in [6.45, 7) is 8.15. The molecule has 0 spiro atoms. The highest BCUT2D eigenvalue weighted by molar-refractivity contribution is 5.99. The molecule has 0 amide bonds. The Balaban J connectivity index is 2.03. The lowest BCUT2D eigenvalue weighted by atomic mass is 9.98. The third kappa shape index (κ3) is 4.35. The van der Waals surface area contributed by atoms with E-state index in [9.17, 15) is 14.4 Å². The maximum absolute atomic E-state index is 12.9. The van der Waals surface area contributed by atoms with Gasteiger partial charge in [-0.2, -0.15) is 0 Å². The van der Waals surface area contributed by atoms with Gasteiger partial charge in [-0.25, -0.2) is 9.78 Å². The molecule has 162 valence electrons. The molecule has 0 fully saturated rings. The Morgan fingerprint density at radius 2 is 1.87 bits per heavy atom. The topological polar surface area (TPSA) is 87.5 Å². The number of ether oxygens (including phenoxy) is 2. The average molecular weight is 422 g/mol. The van der Waals surface area contributed by atoms with E-state index < -0.39 is 11.4 Å². The van der Waals surface area contributed by atoms with E-state index in [1.54, 1.807) is 36.9 Å². The van der Waals surface area contributed by atoms with Crippen molar-refractivity contribution in [3.05, 3.63) is 68.6 Å².